The first kappa shape index (κ1) is 18.1. The Hall–Kier alpha value is -3.23. The van der Waals surface area contributed by atoms with Crippen LogP contribution in [0.25, 0.3) is 27.5 Å². The van der Waals surface area contributed by atoms with Crippen LogP contribution >= 0.6 is 11.3 Å². The van der Waals surface area contributed by atoms with Crippen LogP contribution in [0.2, 0.25) is 0 Å². The summed E-state index contributed by atoms with van der Waals surface area (Å²) in [4.78, 5) is 17.8. The summed E-state index contributed by atoms with van der Waals surface area (Å²) in [7, 11) is 0. The molecule has 0 N–H and O–H groups in total. The second kappa shape index (κ2) is 7.79. The number of unbranched alkanes of at least 4 members (excludes halogenated alkanes) is 1. The van der Waals surface area contributed by atoms with E-state index in [-0.39, 0.29) is 5.78 Å². The summed E-state index contributed by atoms with van der Waals surface area (Å²) in [5.74, 6) is 6.42. The highest BCUT2D eigenvalue weighted by Gasteiger charge is 2.12. The average molecular weight is 385 g/mol. The van der Waals surface area contributed by atoms with Crippen LogP contribution in [0.3, 0.4) is 0 Å². The predicted molar refractivity (Wildman–Crippen MR) is 114 cm³/mol. The first-order valence-corrected chi connectivity index (χ1v) is 10.0. The predicted octanol–water partition coefficient (Wildman–Crippen LogP) is 5.48. The summed E-state index contributed by atoms with van der Waals surface area (Å²) in [6.45, 7) is 3.71. The maximum absolute atomic E-state index is 11.6. The number of ketones is 1. The number of carbonyl (C=O) groups excluding carboxylic acids is 1. The van der Waals surface area contributed by atoms with Gasteiger partial charge >= 0.3 is 0 Å². The lowest BCUT2D eigenvalue weighted by Crippen LogP contribution is -1.96. The number of rotatable bonds is 4. The van der Waals surface area contributed by atoms with E-state index in [9.17, 15) is 4.79 Å². The monoisotopic (exact) mass is 385 g/mol. The molecule has 5 heteroatoms. The number of fused-ring (bicyclic) bond motifs is 1. The maximum atomic E-state index is 11.6. The molecule has 0 amide bonds. The Morgan fingerprint density at radius 3 is 2.64 bits per heavy atom. The Labute approximate surface area is 167 Å². The Morgan fingerprint density at radius 2 is 1.93 bits per heavy atom. The summed E-state index contributed by atoms with van der Waals surface area (Å²) < 4.78 is 1.83. The number of hydrogen-bond acceptors (Lipinski definition) is 4. The minimum Gasteiger partial charge on any atom is -0.294 e. The number of Topliss-reactive ketones (excluding diaryl/α,β-unsaturated/α-hetero) is 1. The molecule has 138 valence electrons. The van der Waals surface area contributed by atoms with E-state index in [1.165, 1.54) is 11.3 Å². The smallest absolute Gasteiger partial charge is 0.169 e. The molecule has 0 atom stereocenters. The SMILES string of the molecule is CCCC#Cc1ccc(-c2ccc3ncc(-c4ccc(C(C)=O)s4)n3n2)cc1. The fourth-order valence-corrected chi connectivity index (χ4v) is 3.77. The zero-order chi connectivity index (χ0) is 19.5. The van der Waals surface area contributed by atoms with Crippen LogP contribution in [-0.4, -0.2) is 20.4 Å². The van der Waals surface area contributed by atoms with Crippen LogP contribution in [0.5, 0.6) is 0 Å². The van der Waals surface area contributed by atoms with Gasteiger partial charge in [0.1, 0.15) is 5.69 Å². The zero-order valence-electron chi connectivity index (χ0n) is 15.8. The van der Waals surface area contributed by atoms with E-state index in [2.05, 4.69) is 23.7 Å². The molecule has 3 aromatic heterocycles. The number of carbonyl (C=O) groups is 1. The third-order valence-corrected chi connectivity index (χ3v) is 5.56. The van der Waals surface area contributed by atoms with Crippen molar-refractivity contribution in [2.45, 2.75) is 26.7 Å². The quantitative estimate of drug-likeness (QED) is 0.345. The van der Waals surface area contributed by atoms with E-state index in [4.69, 9.17) is 5.10 Å². The summed E-state index contributed by atoms with van der Waals surface area (Å²) in [5, 5.41) is 4.78. The molecule has 0 radical (unpaired) electrons. The molecule has 28 heavy (non-hydrogen) atoms. The van der Waals surface area contributed by atoms with Gasteiger partial charge in [0.25, 0.3) is 0 Å². The zero-order valence-corrected chi connectivity index (χ0v) is 16.6. The lowest BCUT2D eigenvalue weighted by molar-refractivity contribution is 0.102. The van der Waals surface area contributed by atoms with Gasteiger partial charge in [-0.05, 0) is 49.7 Å². The highest BCUT2D eigenvalue weighted by Crippen LogP contribution is 2.29. The van der Waals surface area contributed by atoms with Gasteiger partial charge < -0.3 is 0 Å². The number of thiophene rings is 1. The molecular formula is C23H19N3OS. The van der Waals surface area contributed by atoms with Crippen molar-refractivity contribution in [3.63, 3.8) is 0 Å². The number of aromatic nitrogens is 3. The maximum Gasteiger partial charge on any atom is 0.169 e. The molecule has 0 spiro atoms. The molecule has 0 saturated carbocycles. The minimum absolute atomic E-state index is 0.0702. The van der Waals surface area contributed by atoms with Crippen LogP contribution in [0.1, 0.15) is 41.9 Å². The van der Waals surface area contributed by atoms with Gasteiger partial charge in [0.2, 0.25) is 0 Å². The molecule has 3 heterocycles. The summed E-state index contributed by atoms with van der Waals surface area (Å²) in [6, 6.07) is 15.9. The van der Waals surface area contributed by atoms with Crippen molar-refractivity contribution >= 4 is 22.8 Å². The summed E-state index contributed by atoms with van der Waals surface area (Å²) in [6.07, 6.45) is 3.78. The molecule has 0 fully saturated rings. The Kier molecular flexibility index (Phi) is 5.05. The van der Waals surface area contributed by atoms with E-state index < -0.39 is 0 Å². The molecule has 4 aromatic rings. The summed E-state index contributed by atoms with van der Waals surface area (Å²) >= 11 is 1.46. The highest BCUT2D eigenvalue weighted by molar-refractivity contribution is 7.17. The number of imidazole rings is 1. The van der Waals surface area contributed by atoms with E-state index in [0.717, 1.165) is 50.8 Å². The normalized spacial score (nSPS) is 10.6. The van der Waals surface area contributed by atoms with E-state index >= 15 is 0 Å². The third kappa shape index (κ3) is 3.60. The second-order valence-electron chi connectivity index (χ2n) is 6.48. The molecule has 4 rings (SSSR count). The van der Waals surface area contributed by atoms with Gasteiger partial charge in [0.15, 0.2) is 11.4 Å². The fourth-order valence-electron chi connectivity index (χ4n) is 2.87. The van der Waals surface area contributed by atoms with Crippen molar-refractivity contribution in [2.24, 2.45) is 0 Å². The third-order valence-electron chi connectivity index (χ3n) is 4.36. The van der Waals surface area contributed by atoms with Crippen LogP contribution in [0, 0.1) is 11.8 Å². The largest absolute Gasteiger partial charge is 0.294 e. The fraction of sp³-hybridized carbons (Fsp3) is 0.174. The molecule has 4 nitrogen and oxygen atoms in total. The van der Waals surface area contributed by atoms with E-state index in [1.54, 1.807) is 13.1 Å². The first-order chi connectivity index (χ1) is 13.7. The second-order valence-corrected chi connectivity index (χ2v) is 7.57. The van der Waals surface area contributed by atoms with Crippen LogP contribution in [0.4, 0.5) is 0 Å². The van der Waals surface area contributed by atoms with Crippen molar-refractivity contribution < 1.29 is 4.79 Å². The lowest BCUT2D eigenvalue weighted by Gasteiger charge is -2.04. The minimum atomic E-state index is 0.0702. The van der Waals surface area contributed by atoms with Crippen LogP contribution in [-0.2, 0) is 0 Å². The Balaban J connectivity index is 1.69. The molecule has 0 unspecified atom stereocenters. The van der Waals surface area contributed by atoms with Gasteiger partial charge in [-0.15, -0.1) is 11.3 Å². The molecule has 1 aromatic carbocycles. The number of nitrogens with zero attached hydrogens (tertiary/aromatic N) is 3. The van der Waals surface area contributed by atoms with Crippen molar-refractivity contribution in [1.82, 2.24) is 14.6 Å². The van der Waals surface area contributed by atoms with E-state index in [0.29, 0.717) is 0 Å². The van der Waals surface area contributed by atoms with Gasteiger partial charge in [0.05, 0.1) is 21.6 Å². The number of benzene rings is 1. The van der Waals surface area contributed by atoms with Gasteiger partial charge in [-0.25, -0.2) is 9.50 Å². The van der Waals surface area contributed by atoms with Crippen molar-refractivity contribution in [1.29, 1.82) is 0 Å². The molecule has 0 aliphatic heterocycles. The lowest BCUT2D eigenvalue weighted by atomic mass is 10.1. The molecule has 0 aliphatic rings. The van der Waals surface area contributed by atoms with Crippen molar-refractivity contribution in [2.75, 3.05) is 0 Å². The first-order valence-electron chi connectivity index (χ1n) is 9.21. The van der Waals surface area contributed by atoms with Gasteiger partial charge in [0, 0.05) is 17.5 Å². The van der Waals surface area contributed by atoms with Crippen molar-refractivity contribution in [3.05, 3.63) is 65.2 Å². The van der Waals surface area contributed by atoms with Crippen LogP contribution in [0.15, 0.2) is 54.7 Å². The molecule has 0 saturated heterocycles. The van der Waals surface area contributed by atoms with Gasteiger partial charge in [-0.2, -0.15) is 5.10 Å². The van der Waals surface area contributed by atoms with Crippen LogP contribution < -0.4 is 0 Å². The Morgan fingerprint density at radius 1 is 1.11 bits per heavy atom. The van der Waals surface area contributed by atoms with Gasteiger partial charge in [-0.3, -0.25) is 4.79 Å². The molecule has 0 bridgehead atoms. The molecule has 0 aliphatic carbocycles. The van der Waals surface area contributed by atoms with Gasteiger partial charge in [-0.1, -0.05) is 30.9 Å². The number of hydrogen-bond donors (Lipinski definition) is 0. The topological polar surface area (TPSA) is 47.3 Å². The van der Waals surface area contributed by atoms with Crippen molar-refractivity contribution in [3.8, 4) is 33.7 Å². The molecular weight excluding hydrogens is 366 g/mol. The summed E-state index contributed by atoms with van der Waals surface area (Å²) in [5.41, 5.74) is 4.56. The van der Waals surface area contributed by atoms with E-state index in [1.807, 2.05) is 53.0 Å². The standard InChI is InChI=1S/C23H19N3OS/c1-3-4-5-6-17-7-9-18(10-8-17)19-11-14-23-24-15-20(26(23)25-19)22-13-12-21(28-22)16(2)27/h7-15H,3-4H2,1-2H3. The highest BCUT2D eigenvalue weighted by atomic mass is 32.1. The Bertz CT molecular complexity index is 1210. The average Bonchev–Trinajstić information content (AvgIpc) is 3.35.